The van der Waals surface area contributed by atoms with E-state index < -0.39 is 0 Å². The summed E-state index contributed by atoms with van der Waals surface area (Å²) in [7, 11) is 0. The zero-order valence-electron chi connectivity index (χ0n) is 9.90. The van der Waals surface area contributed by atoms with Crippen molar-refractivity contribution < 1.29 is 9.53 Å². The van der Waals surface area contributed by atoms with Gasteiger partial charge in [-0.3, -0.25) is 4.79 Å². The number of rotatable bonds is 2. The summed E-state index contributed by atoms with van der Waals surface area (Å²) in [6.07, 6.45) is 3.42. The Labute approximate surface area is 100 Å². The Morgan fingerprint density at radius 3 is 3.12 bits per heavy atom. The Morgan fingerprint density at radius 2 is 2.47 bits per heavy atom. The molecular formula is C12H17N3O2. The molecule has 5 heteroatoms. The number of nitrogens with two attached hydrogens (primary N) is 1. The summed E-state index contributed by atoms with van der Waals surface area (Å²) in [5, 5.41) is 2.95. The molecule has 1 aromatic rings. The number of amides is 1. The predicted octanol–water partition coefficient (Wildman–Crippen LogP) is 0.963. The molecule has 0 saturated carbocycles. The average molecular weight is 235 g/mol. The molecule has 2 rings (SSSR count). The molecule has 1 unspecified atom stereocenters. The fourth-order valence-corrected chi connectivity index (χ4v) is 1.97. The van der Waals surface area contributed by atoms with Crippen molar-refractivity contribution in [1.29, 1.82) is 0 Å². The number of nitrogens with zero attached hydrogens (tertiary/aromatic N) is 1. The average Bonchev–Trinajstić information content (AvgIpc) is 2.29. The van der Waals surface area contributed by atoms with E-state index in [1.54, 1.807) is 18.3 Å². The van der Waals surface area contributed by atoms with Crippen molar-refractivity contribution >= 4 is 11.6 Å². The van der Waals surface area contributed by atoms with Crippen molar-refractivity contribution in [2.75, 3.05) is 18.9 Å². The third-order valence-corrected chi connectivity index (χ3v) is 2.91. The summed E-state index contributed by atoms with van der Waals surface area (Å²) < 4.78 is 5.39. The molecule has 92 valence electrons. The van der Waals surface area contributed by atoms with Crippen LogP contribution in [0.25, 0.3) is 0 Å². The number of nitrogens with one attached hydrogen (secondary N) is 1. The third-order valence-electron chi connectivity index (χ3n) is 2.91. The number of anilines is 1. The van der Waals surface area contributed by atoms with Crippen LogP contribution in [0, 0.1) is 0 Å². The van der Waals surface area contributed by atoms with E-state index in [4.69, 9.17) is 10.5 Å². The highest BCUT2D eigenvalue weighted by Gasteiger charge is 2.30. The van der Waals surface area contributed by atoms with E-state index in [1.807, 2.05) is 6.92 Å². The molecule has 0 aliphatic carbocycles. The van der Waals surface area contributed by atoms with Crippen LogP contribution in [0.15, 0.2) is 18.3 Å². The topological polar surface area (TPSA) is 77.2 Å². The van der Waals surface area contributed by atoms with Gasteiger partial charge in [-0.05, 0) is 31.9 Å². The lowest BCUT2D eigenvalue weighted by Gasteiger charge is -2.34. The van der Waals surface area contributed by atoms with Gasteiger partial charge in [0.1, 0.15) is 0 Å². The first-order valence-corrected chi connectivity index (χ1v) is 5.71. The number of carbonyl (C=O) groups excluding carboxylic acids is 1. The van der Waals surface area contributed by atoms with Crippen molar-refractivity contribution in [1.82, 2.24) is 10.3 Å². The van der Waals surface area contributed by atoms with Crippen LogP contribution in [-0.4, -0.2) is 29.6 Å². The lowest BCUT2D eigenvalue weighted by Crippen LogP contribution is -2.51. The first-order chi connectivity index (χ1) is 8.11. The van der Waals surface area contributed by atoms with Gasteiger partial charge in [-0.15, -0.1) is 0 Å². The smallest absolute Gasteiger partial charge is 0.272 e. The second-order valence-corrected chi connectivity index (χ2v) is 4.61. The molecule has 1 aliphatic heterocycles. The van der Waals surface area contributed by atoms with Gasteiger partial charge < -0.3 is 15.8 Å². The van der Waals surface area contributed by atoms with Crippen LogP contribution < -0.4 is 11.1 Å². The van der Waals surface area contributed by atoms with Crippen LogP contribution in [-0.2, 0) is 4.74 Å². The van der Waals surface area contributed by atoms with Gasteiger partial charge in [0.15, 0.2) is 5.69 Å². The van der Waals surface area contributed by atoms with Crippen molar-refractivity contribution in [2.45, 2.75) is 25.3 Å². The minimum Gasteiger partial charge on any atom is -0.397 e. The van der Waals surface area contributed by atoms with Gasteiger partial charge in [-0.25, -0.2) is 4.98 Å². The van der Waals surface area contributed by atoms with Crippen molar-refractivity contribution in [3.05, 3.63) is 24.0 Å². The molecule has 17 heavy (non-hydrogen) atoms. The Bertz CT molecular complexity index is 414. The molecule has 2 heterocycles. The number of aromatic nitrogens is 1. The first-order valence-electron chi connectivity index (χ1n) is 5.71. The maximum absolute atomic E-state index is 12.0. The number of hydrogen-bond donors (Lipinski definition) is 2. The highest BCUT2D eigenvalue weighted by Crippen LogP contribution is 2.19. The largest absolute Gasteiger partial charge is 0.397 e. The Kier molecular flexibility index (Phi) is 3.28. The third kappa shape index (κ3) is 2.74. The van der Waals surface area contributed by atoms with Gasteiger partial charge in [0.2, 0.25) is 0 Å². The van der Waals surface area contributed by atoms with Gasteiger partial charge in [-0.2, -0.15) is 0 Å². The number of carbonyl (C=O) groups is 1. The maximum Gasteiger partial charge on any atom is 0.272 e. The Hall–Kier alpha value is -1.62. The summed E-state index contributed by atoms with van der Waals surface area (Å²) >= 11 is 0. The monoisotopic (exact) mass is 235 g/mol. The van der Waals surface area contributed by atoms with E-state index in [9.17, 15) is 4.79 Å². The van der Waals surface area contributed by atoms with E-state index in [2.05, 4.69) is 10.3 Å². The first kappa shape index (κ1) is 11.9. The minimum absolute atomic E-state index is 0.240. The molecule has 3 N–H and O–H groups in total. The summed E-state index contributed by atoms with van der Waals surface area (Å²) in [6.45, 7) is 3.27. The molecule has 0 bridgehead atoms. The van der Waals surface area contributed by atoms with E-state index in [0.717, 1.165) is 19.4 Å². The molecule has 1 aliphatic rings. The van der Waals surface area contributed by atoms with Gasteiger partial charge in [-0.1, -0.05) is 0 Å². The van der Waals surface area contributed by atoms with Crippen molar-refractivity contribution in [2.24, 2.45) is 0 Å². The zero-order valence-corrected chi connectivity index (χ0v) is 9.90. The van der Waals surface area contributed by atoms with Crippen LogP contribution in [0.5, 0.6) is 0 Å². The lowest BCUT2D eigenvalue weighted by molar-refractivity contribution is 0.0271. The van der Waals surface area contributed by atoms with Crippen LogP contribution >= 0.6 is 0 Å². The van der Waals surface area contributed by atoms with E-state index >= 15 is 0 Å². The number of ether oxygens (including phenoxy) is 1. The van der Waals surface area contributed by atoms with Crippen LogP contribution in [0.2, 0.25) is 0 Å². The van der Waals surface area contributed by atoms with Gasteiger partial charge >= 0.3 is 0 Å². The summed E-state index contributed by atoms with van der Waals surface area (Å²) in [5.41, 5.74) is 6.07. The molecule has 1 fully saturated rings. The van der Waals surface area contributed by atoms with Crippen molar-refractivity contribution in [3.8, 4) is 0 Å². The number of nitrogen functional groups attached to an aromatic ring is 1. The molecule has 1 aromatic heterocycles. The Morgan fingerprint density at radius 1 is 1.65 bits per heavy atom. The van der Waals surface area contributed by atoms with E-state index in [1.165, 1.54) is 0 Å². The molecule has 0 radical (unpaired) electrons. The van der Waals surface area contributed by atoms with Gasteiger partial charge in [0, 0.05) is 12.8 Å². The SMILES string of the molecule is CC1(NC(=O)c2ncccc2N)CCCOC1. The summed E-state index contributed by atoms with van der Waals surface area (Å²) in [4.78, 5) is 16.0. The van der Waals surface area contributed by atoms with Crippen LogP contribution in [0.3, 0.4) is 0 Å². The molecule has 1 saturated heterocycles. The van der Waals surface area contributed by atoms with Crippen LogP contribution in [0.1, 0.15) is 30.3 Å². The highest BCUT2D eigenvalue weighted by molar-refractivity contribution is 5.97. The lowest BCUT2D eigenvalue weighted by atomic mass is 9.94. The maximum atomic E-state index is 12.0. The van der Waals surface area contributed by atoms with Gasteiger partial charge in [0.05, 0.1) is 17.8 Å². The molecule has 0 aromatic carbocycles. The second kappa shape index (κ2) is 4.71. The molecule has 0 spiro atoms. The molecule has 1 atom stereocenters. The van der Waals surface area contributed by atoms with Crippen molar-refractivity contribution in [3.63, 3.8) is 0 Å². The highest BCUT2D eigenvalue weighted by atomic mass is 16.5. The van der Waals surface area contributed by atoms with Crippen LogP contribution in [0.4, 0.5) is 5.69 Å². The standard InChI is InChI=1S/C12H17N3O2/c1-12(5-3-7-17-8-12)15-11(16)10-9(13)4-2-6-14-10/h2,4,6H,3,5,7-8,13H2,1H3,(H,15,16). The zero-order chi connectivity index (χ0) is 12.3. The molecular weight excluding hydrogens is 218 g/mol. The molecule has 5 nitrogen and oxygen atoms in total. The number of pyridine rings is 1. The summed E-state index contributed by atoms with van der Waals surface area (Å²) in [5.74, 6) is -0.240. The normalized spacial score (nSPS) is 24.3. The fraction of sp³-hybridized carbons (Fsp3) is 0.500. The molecule has 1 amide bonds. The minimum atomic E-state index is -0.320. The Balaban J connectivity index is 2.09. The fourth-order valence-electron chi connectivity index (χ4n) is 1.97. The predicted molar refractivity (Wildman–Crippen MR) is 64.6 cm³/mol. The second-order valence-electron chi connectivity index (χ2n) is 4.61. The summed E-state index contributed by atoms with van der Waals surface area (Å²) in [6, 6.07) is 3.37. The van der Waals surface area contributed by atoms with E-state index in [0.29, 0.717) is 12.3 Å². The quantitative estimate of drug-likeness (QED) is 0.800. The van der Waals surface area contributed by atoms with E-state index in [-0.39, 0.29) is 17.1 Å². The van der Waals surface area contributed by atoms with Gasteiger partial charge in [0.25, 0.3) is 5.91 Å². The number of hydrogen-bond acceptors (Lipinski definition) is 4.